The summed E-state index contributed by atoms with van der Waals surface area (Å²) >= 11 is 12.1. The largest absolute Gasteiger partial charge is 0.348 e. The lowest BCUT2D eigenvalue weighted by Gasteiger charge is -2.20. The molecule has 1 aromatic carbocycles. The number of amides is 1. The predicted octanol–water partition coefficient (Wildman–Crippen LogP) is 3.00. The van der Waals surface area contributed by atoms with E-state index in [4.69, 9.17) is 23.2 Å². The van der Waals surface area contributed by atoms with Crippen molar-refractivity contribution in [1.82, 2.24) is 20.0 Å². The average Bonchev–Trinajstić information content (AvgIpc) is 2.98. The molecule has 0 unspecified atom stereocenters. The van der Waals surface area contributed by atoms with E-state index in [2.05, 4.69) is 10.4 Å². The first-order valence-corrected chi connectivity index (χ1v) is 8.11. The van der Waals surface area contributed by atoms with Crippen LogP contribution in [0.1, 0.15) is 18.5 Å². The standard InChI is InChI=1S/C16H20Cl2N4O/c1-12(14-5-4-13(17)10-15(14)18)20-16(23)11-21(2)8-9-22-7-3-6-19-22/h3-7,10,12H,8-9,11H2,1-2H3,(H,20,23)/t12-/m0/s1. The van der Waals surface area contributed by atoms with Gasteiger partial charge in [-0.1, -0.05) is 29.3 Å². The van der Waals surface area contributed by atoms with Gasteiger partial charge in [-0.3, -0.25) is 14.4 Å². The van der Waals surface area contributed by atoms with Crippen LogP contribution in [0.4, 0.5) is 0 Å². The van der Waals surface area contributed by atoms with Gasteiger partial charge in [0.2, 0.25) is 5.91 Å². The first-order chi connectivity index (χ1) is 11.0. The Morgan fingerprint density at radius 3 is 2.87 bits per heavy atom. The van der Waals surface area contributed by atoms with Gasteiger partial charge in [-0.05, 0) is 37.7 Å². The minimum atomic E-state index is -0.174. The molecule has 0 bridgehead atoms. The van der Waals surface area contributed by atoms with Gasteiger partial charge in [0, 0.05) is 29.0 Å². The highest BCUT2D eigenvalue weighted by atomic mass is 35.5. The van der Waals surface area contributed by atoms with Crippen LogP contribution >= 0.6 is 23.2 Å². The highest BCUT2D eigenvalue weighted by Gasteiger charge is 2.14. The molecule has 2 aromatic rings. The topological polar surface area (TPSA) is 50.2 Å². The number of hydrogen-bond acceptors (Lipinski definition) is 3. The zero-order valence-electron chi connectivity index (χ0n) is 13.2. The van der Waals surface area contributed by atoms with Crippen LogP contribution in [0.5, 0.6) is 0 Å². The van der Waals surface area contributed by atoms with Crippen LogP contribution in [-0.4, -0.2) is 40.7 Å². The Balaban J connectivity index is 1.81. The number of nitrogens with one attached hydrogen (secondary N) is 1. The fraction of sp³-hybridized carbons (Fsp3) is 0.375. The van der Waals surface area contributed by atoms with Gasteiger partial charge in [-0.25, -0.2) is 0 Å². The third kappa shape index (κ3) is 5.53. The molecule has 5 nitrogen and oxygen atoms in total. The van der Waals surface area contributed by atoms with Crippen LogP contribution in [0.25, 0.3) is 0 Å². The fourth-order valence-corrected chi connectivity index (χ4v) is 2.82. The van der Waals surface area contributed by atoms with Crippen molar-refractivity contribution in [3.8, 4) is 0 Å². The average molecular weight is 355 g/mol. The molecule has 1 aromatic heterocycles. The molecule has 0 aliphatic heterocycles. The molecule has 2 rings (SSSR count). The van der Waals surface area contributed by atoms with Gasteiger partial charge in [-0.2, -0.15) is 5.10 Å². The van der Waals surface area contributed by atoms with Gasteiger partial charge in [0.1, 0.15) is 0 Å². The molecular weight excluding hydrogens is 335 g/mol. The lowest BCUT2D eigenvalue weighted by Crippen LogP contribution is -2.37. The SMILES string of the molecule is C[C@H](NC(=O)CN(C)CCn1cccn1)c1ccc(Cl)cc1Cl. The normalized spacial score (nSPS) is 12.4. The van der Waals surface area contributed by atoms with E-state index in [1.54, 1.807) is 18.3 Å². The molecule has 1 atom stereocenters. The van der Waals surface area contributed by atoms with Crippen molar-refractivity contribution in [3.63, 3.8) is 0 Å². The van der Waals surface area contributed by atoms with Crippen molar-refractivity contribution < 1.29 is 4.79 Å². The number of halogens is 2. The van der Waals surface area contributed by atoms with Crippen molar-refractivity contribution in [2.24, 2.45) is 0 Å². The van der Waals surface area contributed by atoms with Crippen molar-refractivity contribution in [2.45, 2.75) is 19.5 Å². The maximum absolute atomic E-state index is 12.1. The minimum absolute atomic E-state index is 0.0496. The van der Waals surface area contributed by atoms with E-state index in [0.717, 1.165) is 18.7 Å². The summed E-state index contributed by atoms with van der Waals surface area (Å²) in [6, 6.07) is 6.98. The molecule has 7 heteroatoms. The third-order valence-electron chi connectivity index (χ3n) is 3.49. The van der Waals surface area contributed by atoms with E-state index in [1.807, 2.05) is 41.9 Å². The second-order valence-corrected chi connectivity index (χ2v) is 6.31. The molecule has 1 amide bonds. The maximum Gasteiger partial charge on any atom is 0.234 e. The number of aromatic nitrogens is 2. The van der Waals surface area contributed by atoms with Gasteiger partial charge < -0.3 is 5.32 Å². The summed E-state index contributed by atoms with van der Waals surface area (Å²) in [5.41, 5.74) is 0.851. The maximum atomic E-state index is 12.1. The van der Waals surface area contributed by atoms with E-state index in [9.17, 15) is 4.79 Å². The number of likely N-dealkylation sites (N-methyl/N-ethyl adjacent to an activating group) is 1. The number of rotatable bonds is 7. The summed E-state index contributed by atoms with van der Waals surface area (Å²) in [5, 5.41) is 8.22. The first-order valence-electron chi connectivity index (χ1n) is 7.36. The number of carbonyl (C=O) groups is 1. The smallest absolute Gasteiger partial charge is 0.234 e. The zero-order valence-corrected chi connectivity index (χ0v) is 14.7. The van der Waals surface area contributed by atoms with Gasteiger partial charge in [0.25, 0.3) is 0 Å². The van der Waals surface area contributed by atoms with Crippen LogP contribution < -0.4 is 5.32 Å². The quantitative estimate of drug-likeness (QED) is 0.831. The highest BCUT2D eigenvalue weighted by Crippen LogP contribution is 2.25. The molecule has 0 aliphatic carbocycles. The Morgan fingerprint density at radius 2 is 2.22 bits per heavy atom. The van der Waals surface area contributed by atoms with Crippen molar-refractivity contribution in [2.75, 3.05) is 20.1 Å². The van der Waals surface area contributed by atoms with Gasteiger partial charge in [0.05, 0.1) is 19.1 Å². The summed E-state index contributed by atoms with van der Waals surface area (Å²) in [6.07, 6.45) is 3.64. The van der Waals surface area contributed by atoms with E-state index in [1.165, 1.54) is 0 Å². The van der Waals surface area contributed by atoms with E-state index in [-0.39, 0.29) is 11.9 Å². The minimum Gasteiger partial charge on any atom is -0.348 e. The molecule has 1 heterocycles. The molecule has 0 saturated carbocycles. The molecule has 124 valence electrons. The second kappa shape index (κ2) is 8.34. The second-order valence-electron chi connectivity index (χ2n) is 5.46. The molecule has 23 heavy (non-hydrogen) atoms. The van der Waals surface area contributed by atoms with Crippen molar-refractivity contribution in [1.29, 1.82) is 0 Å². The molecular formula is C16H20Cl2N4O. The monoisotopic (exact) mass is 354 g/mol. The molecule has 0 aliphatic rings. The van der Waals surface area contributed by atoms with Crippen LogP contribution in [-0.2, 0) is 11.3 Å². The van der Waals surface area contributed by atoms with Crippen LogP contribution in [0.3, 0.4) is 0 Å². The predicted molar refractivity (Wildman–Crippen MR) is 92.7 cm³/mol. The Labute approximate surface area is 146 Å². The lowest BCUT2D eigenvalue weighted by molar-refractivity contribution is -0.122. The van der Waals surface area contributed by atoms with Crippen LogP contribution in [0.2, 0.25) is 10.0 Å². The molecule has 0 spiro atoms. The summed E-state index contributed by atoms with van der Waals surface area (Å²) in [6.45, 7) is 3.70. The summed E-state index contributed by atoms with van der Waals surface area (Å²) < 4.78 is 1.84. The van der Waals surface area contributed by atoms with Crippen LogP contribution in [0.15, 0.2) is 36.7 Å². The van der Waals surface area contributed by atoms with E-state index in [0.29, 0.717) is 16.6 Å². The summed E-state index contributed by atoms with van der Waals surface area (Å²) in [5.74, 6) is -0.0496. The number of nitrogens with zero attached hydrogens (tertiary/aromatic N) is 3. The summed E-state index contributed by atoms with van der Waals surface area (Å²) in [4.78, 5) is 14.1. The Hall–Kier alpha value is -1.56. The first kappa shape index (κ1) is 17.8. The lowest BCUT2D eigenvalue weighted by atomic mass is 10.1. The Bertz CT molecular complexity index is 646. The van der Waals surface area contributed by atoms with Gasteiger partial charge in [-0.15, -0.1) is 0 Å². The third-order valence-corrected chi connectivity index (χ3v) is 4.05. The van der Waals surface area contributed by atoms with E-state index >= 15 is 0 Å². The highest BCUT2D eigenvalue weighted by molar-refractivity contribution is 6.35. The fourth-order valence-electron chi connectivity index (χ4n) is 2.25. The van der Waals surface area contributed by atoms with Crippen molar-refractivity contribution >= 4 is 29.1 Å². The zero-order chi connectivity index (χ0) is 16.8. The number of carbonyl (C=O) groups excluding carboxylic acids is 1. The number of benzene rings is 1. The van der Waals surface area contributed by atoms with E-state index < -0.39 is 0 Å². The molecule has 0 fully saturated rings. The van der Waals surface area contributed by atoms with Crippen LogP contribution in [0, 0.1) is 0 Å². The molecule has 1 N–H and O–H groups in total. The summed E-state index contributed by atoms with van der Waals surface area (Å²) in [7, 11) is 1.91. The molecule has 0 radical (unpaired) electrons. The number of hydrogen-bond donors (Lipinski definition) is 1. The Kier molecular flexibility index (Phi) is 6.45. The van der Waals surface area contributed by atoms with Gasteiger partial charge in [0.15, 0.2) is 0 Å². The van der Waals surface area contributed by atoms with Crippen molar-refractivity contribution in [3.05, 3.63) is 52.3 Å². The molecule has 0 saturated heterocycles. The Morgan fingerprint density at radius 1 is 1.43 bits per heavy atom. The van der Waals surface area contributed by atoms with Gasteiger partial charge >= 0.3 is 0 Å².